The highest BCUT2D eigenvalue weighted by Crippen LogP contribution is 2.29. The van der Waals surface area contributed by atoms with Crippen LogP contribution >= 0.6 is 23.2 Å². The van der Waals surface area contributed by atoms with Crippen LogP contribution in [0.5, 0.6) is 0 Å². The minimum atomic E-state index is -5.08. The molecule has 12 heteroatoms. The highest BCUT2D eigenvalue weighted by atomic mass is 35.5. The fourth-order valence-corrected chi connectivity index (χ4v) is 5.55. The van der Waals surface area contributed by atoms with Gasteiger partial charge in [-0.25, -0.2) is 4.79 Å². The number of carbonyl (C=O) groups is 3. The molecule has 4 rings (SSSR count). The summed E-state index contributed by atoms with van der Waals surface area (Å²) < 4.78 is 31.7. The van der Waals surface area contributed by atoms with E-state index in [4.69, 9.17) is 33.1 Å². The van der Waals surface area contributed by atoms with Crippen LogP contribution in [-0.4, -0.2) is 71.1 Å². The number of halogens is 5. The summed E-state index contributed by atoms with van der Waals surface area (Å²) in [7, 11) is 0. The highest BCUT2D eigenvalue weighted by molar-refractivity contribution is 6.42. The van der Waals surface area contributed by atoms with Gasteiger partial charge in [0.1, 0.15) is 0 Å². The van der Waals surface area contributed by atoms with Gasteiger partial charge in [-0.15, -0.1) is 0 Å². The zero-order chi connectivity index (χ0) is 31.2. The summed E-state index contributed by atoms with van der Waals surface area (Å²) in [6, 6.07) is 12.9. The lowest BCUT2D eigenvalue weighted by Gasteiger charge is -2.41. The van der Waals surface area contributed by atoms with E-state index in [1.54, 1.807) is 36.4 Å². The molecule has 2 amide bonds. The minimum absolute atomic E-state index is 0.0403. The van der Waals surface area contributed by atoms with Crippen LogP contribution in [0.1, 0.15) is 72.7 Å². The van der Waals surface area contributed by atoms with Gasteiger partial charge in [0.2, 0.25) is 0 Å². The predicted molar refractivity (Wildman–Crippen MR) is 156 cm³/mol. The van der Waals surface area contributed by atoms with Gasteiger partial charge in [-0.3, -0.25) is 14.5 Å². The Morgan fingerprint density at radius 3 is 2.00 bits per heavy atom. The van der Waals surface area contributed by atoms with Crippen LogP contribution in [0.15, 0.2) is 42.5 Å². The maximum Gasteiger partial charge on any atom is 0.490 e. The van der Waals surface area contributed by atoms with Crippen LogP contribution in [0.4, 0.5) is 13.2 Å². The molecule has 42 heavy (non-hydrogen) atoms. The number of carbonyl (C=O) groups excluding carboxylic acids is 2. The van der Waals surface area contributed by atoms with Crippen LogP contribution < -0.4 is 5.32 Å². The van der Waals surface area contributed by atoms with Gasteiger partial charge in [0, 0.05) is 36.8 Å². The number of carboxylic acid groups (broad SMARTS) is 1. The summed E-state index contributed by atoms with van der Waals surface area (Å²) in [5.74, 6) is -2.16. The van der Waals surface area contributed by atoms with E-state index < -0.39 is 17.7 Å². The molecule has 1 unspecified atom stereocenters. The Hall–Kier alpha value is -2.82. The lowest BCUT2D eigenvalue weighted by molar-refractivity contribution is -0.192. The zero-order valence-corrected chi connectivity index (χ0v) is 25.3. The molecule has 0 saturated carbocycles. The normalized spacial score (nSPS) is 18.6. The van der Waals surface area contributed by atoms with Gasteiger partial charge in [0.05, 0.1) is 15.6 Å². The molecule has 230 valence electrons. The van der Waals surface area contributed by atoms with E-state index in [2.05, 4.69) is 17.1 Å². The molecular formula is C30H36Cl2F3N3O4. The number of nitrogens with one attached hydrogen (secondary N) is 1. The van der Waals surface area contributed by atoms with Gasteiger partial charge in [-0.05, 0) is 94.0 Å². The Bertz CT molecular complexity index is 1260. The van der Waals surface area contributed by atoms with Crippen molar-refractivity contribution in [3.63, 3.8) is 0 Å². The number of nitrogens with zero attached hydrogens (tertiary/aromatic N) is 2. The first-order valence-electron chi connectivity index (χ1n) is 13.8. The molecule has 2 heterocycles. The van der Waals surface area contributed by atoms with Crippen molar-refractivity contribution in [1.29, 1.82) is 0 Å². The number of carboxylic acids is 1. The second-order valence-electron chi connectivity index (χ2n) is 11.4. The van der Waals surface area contributed by atoms with E-state index in [0.29, 0.717) is 27.2 Å². The Balaban J connectivity index is 0.000000616. The van der Waals surface area contributed by atoms with Crippen molar-refractivity contribution < 1.29 is 32.7 Å². The lowest BCUT2D eigenvalue weighted by Crippen LogP contribution is -2.49. The smallest absolute Gasteiger partial charge is 0.475 e. The Morgan fingerprint density at radius 2 is 1.48 bits per heavy atom. The monoisotopic (exact) mass is 629 g/mol. The largest absolute Gasteiger partial charge is 0.490 e. The molecular weight excluding hydrogens is 594 g/mol. The highest BCUT2D eigenvalue weighted by Gasteiger charge is 2.38. The molecule has 2 aromatic carbocycles. The van der Waals surface area contributed by atoms with Crippen molar-refractivity contribution in [1.82, 2.24) is 15.1 Å². The first kappa shape index (κ1) is 33.7. The maximum atomic E-state index is 13.1. The fraction of sp³-hybridized carbons (Fsp3) is 0.500. The number of rotatable bonds is 5. The van der Waals surface area contributed by atoms with E-state index in [-0.39, 0.29) is 11.8 Å². The molecule has 2 saturated heterocycles. The molecule has 2 aromatic rings. The molecule has 0 aliphatic carbocycles. The molecule has 0 bridgehead atoms. The van der Waals surface area contributed by atoms with E-state index in [0.717, 1.165) is 37.4 Å². The van der Waals surface area contributed by atoms with Crippen LogP contribution in [-0.2, 0) is 10.3 Å². The Kier molecular flexibility index (Phi) is 11.3. The minimum Gasteiger partial charge on any atom is -0.475 e. The van der Waals surface area contributed by atoms with Crippen molar-refractivity contribution >= 4 is 41.0 Å². The van der Waals surface area contributed by atoms with Gasteiger partial charge in [0.25, 0.3) is 11.8 Å². The molecule has 2 aliphatic rings. The summed E-state index contributed by atoms with van der Waals surface area (Å²) in [6.45, 7) is 10.1. The fourth-order valence-electron chi connectivity index (χ4n) is 5.25. The third kappa shape index (κ3) is 9.09. The SMILES string of the molecule is CC1CCCN(C2CCN(C(=O)c3ccc(C(=O)NC(C)(C)c4ccc(Cl)c(Cl)c4)cc3)CC2)C1.O=C(O)C(F)(F)F. The number of alkyl halides is 3. The summed E-state index contributed by atoms with van der Waals surface area (Å²) in [6.07, 6.45) is -0.412. The molecule has 1 atom stereocenters. The second kappa shape index (κ2) is 14.1. The molecule has 7 nitrogen and oxygen atoms in total. The molecule has 0 radical (unpaired) electrons. The predicted octanol–water partition coefficient (Wildman–Crippen LogP) is 6.63. The molecule has 2 fully saturated rings. The van der Waals surface area contributed by atoms with Crippen LogP contribution in [0, 0.1) is 5.92 Å². The average molecular weight is 631 g/mol. The van der Waals surface area contributed by atoms with Crippen LogP contribution in [0.3, 0.4) is 0 Å². The first-order valence-corrected chi connectivity index (χ1v) is 14.6. The van der Waals surface area contributed by atoms with Gasteiger partial charge in [-0.1, -0.05) is 36.2 Å². The number of hydrogen-bond donors (Lipinski definition) is 2. The van der Waals surface area contributed by atoms with Gasteiger partial charge in [0.15, 0.2) is 0 Å². The van der Waals surface area contributed by atoms with Crippen molar-refractivity contribution in [2.24, 2.45) is 5.92 Å². The van der Waals surface area contributed by atoms with Crippen molar-refractivity contribution in [3.8, 4) is 0 Å². The third-order valence-electron chi connectivity index (χ3n) is 7.66. The van der Waals surface area contributed by atoms with Crippen LogP contribution in [0.25, 0.3) is 0 Å². The first-order chi connectivity index (χ1) is 19.6. The summed E-state index contributed by atoms with van der Waals surface area (Å²) in [5.41, 5.74) is 1.34. The van der Waals surface area contributed by atoms with E-state index >= 15 is 0 Å². The number of likely N-dealkylation sites (tertiary alicyclic amines) is 2. The molecule has 2 N–H and O–H groups in total. The topological polar surface area (TPSA) is 90.0 Å². The summed E-state index contributed by atoms with van der Waals surface area (Å²) in [5, 5.41) is 11.1. The standard InChI is InChI=1S/C28H35Cl2N3O2.C2HF3O2/c1-19-5-4-14-33(18-19)23-12-15-32(16-13-23)27(35)21-8-6-20(7-9-21)26(34)31-28(2,3)22-10-11-24(29)25(30)17-22;3-2(4,5)1(6)7/h6-11,17,19,23H,4-5,12-16,18H2,1-3H3,(H,31,34);(H,6,7). The average Bonchev–Trinajstić information content (AvgIpc) is 2.94. The summed E-state index contributed by atoms with van der Waals surface area (Å²) >= 11 is 12.2. The third-order valence-corrected chi connectivity index (χ3v) is 8.40. The van der Waals surface area contributed by atoms with E-state index in [9.17, 15) is 22.8 Å². The quantitative estimate of drug-likeness (QED) is 0.387. The number of benzene rings is 2. The van der Waals surface area contributed by atoms with Gasteiger partial charge < -0.3 is 15.3 Å². The van der Waals surface area contributed by atoms with Gasteiger partial charge >= 0.3 is 12.1 Å². The van der Waals surface area contributed by atoms with E-state index in [1.165, 1.54) is 25.9 Å². The Labute approximate surface area is 254 Å². The van der Waals surface area contributed by atoms with Crippen molar-refractivity contribution in [2.45, 2.75) is 64.2 Å². The number of hydrogen-bond acceptors (Lipinski definition) is 4. The Morgan fingerprint density at radius 1 is 0.905 bits per heavy atom. The maximum absolute atomic E-state index is 13.1. The van der Waals surface area contributed by atoms with Crippen LogP contribution in [0.2, 0.25) is 10.0 Å². The van der Waals surface area contributed by atoms with E-state index in [1.807, 2.05) is 24.8 Å². The number of piperidine rings is 2. The second-order valence-corrected chi connectivity index (χ2v) is 12.2. The summed E-state index contributed by atoms with van der Waals surface area (Å²) in [4.78, 5) is 39.5. The molecule has 2 aliphatic heterocycles. The number of aliphatic carboxylic acids is 1. The molecule has 0 spiro atoms. The van der Waals surface area contributed by atoms with Gasteiger partial charge in [-0.2, -0.15) is 13.2 Å². The zero-order valence-electron chi connectivity index (χ0n) is 23.8. The lowest BCUT2D eigenvalue weighted by atomic mass is 9.93. The molecule has 0 aromatic heterocycles. The van der Waals surface area contributed by atoms with Crippen molar-refractivity contribution in [2.75, 3.05) is 26.2 Å². The van der Waals surface area contributed by atoms with Crippen molar-refractivity contribution in [3.05, 3.63) is 69.2 Å². The number of amides is 2.